The minimum absolute atomic E-state index is 0.0970. The molecular weight excluding hydrogens is 318 g/mol. The van der Waals surface area contributed by atoms with Gasteiger partial charge >= 0.3 is 0 Å². The Hall–Kier alpha value is -1.95. The van der Waals surface area contributed by atoms with Crippen LogP contribution in [0.5, 0.6) is 0 Å². The number of amides is 1. The molecule has 0 saturated carbocycles. The fourth-order valence-electron chi connectivity index (χ4n) is 3.88. The van der Waals surface area contributed by atoms with E-state index in [9.17, 15) is 14.9 Å². The first-order valence-corrected chi connectivity index (χ1v) is 9.25. The summed E-state index contributed by atoms with van der Waals surface area (Å²) in [6, 6.07) is 5.18. The number of benzene rings is 1. The lowest BCUT2D eigenvalue weighted by Gasteiger charge is -2.33. The quantitative estimate of drug-likeness (QED) is 0.576. The van der Waals surface area contributed by atoms with Crippen LogP contribution in [0.1, 0.15) is 55.5 Å². The van der Waals surface area contributed by atoms with Gasteiger partial charge in [0.1, 0.15) is 5.56 Å². The summed E-state index contributed by atoms with van der Waals surface area (Å²) in [6.07, 6.45) is 4.54. The molecular formula is C19H29N3O3. The minimum Gasteiger partial charge on any atom is -0.350 e. The van der Waals surface area contributed by atoms with Crippen molar-refractivity contribution in [3.63, 3.8) is 0 Å². The lowest BCUT2D eigenvalue weighted by molar-refractivity contribution is -0.385. The Kier molecular flexibility index (Phi) is 6.93. The number of likely N-dealkylation sites (tertiary alicyclic amines) is 1. The van der Waals surface area contributed by atoms with Gasteiger partial charge in [-0.3, -0.25) is 19.8 Å². The van der Waals surface area contributed by atoms with Crippen LogP contribution in [0.4, 0.5) is 5.69 Å². The number of carbonyl (C=O) groups is 1. The molecule has 138 valence electrons. The maximum Gasteiger partial charge on any atom is 0.285 e. The van der Waals surface area contributed by atoms with E-state index in [0.29, 0.717) is 24.1 Å². The second kappa shape index (κ2) is 8.94. The topological polar surface area (TPSA) is 75.5 Å². The third-order valence-corrected chi connectivity index (χ3v) is 5.34. The van der Waals surface area contributed by atoms with Crippen LogP contribution in [0, 0.1) is 23.0 Å². The normalized spacial score (nSPS) is 16.2. The van der Waals surface area contributed by atoms with E-state index < -0.39 is 4.92 Å². The third kappa shape index (κ3) is 4.57. The number of rotatable bonds is 8. The second-order valence-electron chi connectivity index (χ2n) is 6.83. The van der Waals surface area contributed by atoms with E-state index in [2.05, 4.69) is 24.1 Å². The number of aryl methyl sites for hydroxylation is 1. The van der Waals surface area contributed by atoms with Crippen molar-refractivity contribution in [1.82, 2.24) is 10.2 Å². The van der Waals surface area contributed by atoms with Crippen molar-refractivity contribution in [2.45, 2.75) is 52.5 Å². The van der Waals surface area contributed by atoms with Crippen LogP contribution in [0.3, 0.4) is 0 Å². The van der Waals surface area contributed by atoms with Crippen molar-refractivity contribution in [2.75, 3.05) is 19.6 Å². The van der Waals surface area contributed by atoms with Crippen LogP contribution in [0.15, 0.2) is 18.2 Å². The number of hydrogen-bond acceptors (Lipinski definition) is 4. The Balaban J connectivity index is 2.13. The molecule has 1 amide bonds. The number of nitro benzene ring substituents is 1. The summed E-state index contributed by atoms with van der Waals surface area (Å²) in [4.78, 5) is 25.9. The van der Waals surface area contributed by atoms with Gasteiger partial charge < -0.3 is 5.32 Å². The standard InChI is InChI=1S/C19H29N3O3/c1-4-15(5-2)17(21-11-6-7-12-21)13-20-19(23)16-10-8-9-14(3)18(16)22(24)25/h8-10,15,17H,4-7,11-13H2,1-3H3,(H,20,23)/t17-/m1/s1. The summed E-state index contributed by atoms with van der Waals surface area (Å²) in [5, 5.41) is 14.3. The Morgan fingerprint density at radius 3 is 2.48 bits per heavy atom. The van der Waals surface area contributed by atoms with E-state index in [1.54, 1.807) is 19.1 Å². The Morgan fingerprint density at radius 1 is 1.28 bits per heavy atom. The molecule has 1 aromatic carbocycles. The van der Waals surface area contributed by atoms with Gasteiger partial charge in [-0.1, -0.05) is 38.8 Å². The van der Waals surface area contributed by atoms with Crippen LogP contribution in [-0.2, 0) is 0 Å². The van der Waals surface area contributed by atoms with Crippen molar-refractivity contribution in [2.24, 2.45) is 5.92 Å². The predicted molar refractivity (Wildman–Crippen MR) is 98.8 cm³/mol. The zero-order valence-electron chi connectivity index (χ0n) is 15.5. The number of nitrogens with zero attached hydrogens (tertiary/aromatic N) is 2. The van der Waals surface area contributed by atoms with Crippen molar-refractivity contribution in [1.29, 1.82) is 0 Å². The highest BCUT2D eigenvalue weighted by atomic mass is 16.6. The molecule has 0 spiro atoms. The van der Waals surface area contributed by atoms with E-state index in [-0.39, 0.29) is 17.2 Å². The van der Waals surface area contributed by atoms with Crippen LogP contribution in [0.2, 0.25) is 0 Å². The Bertz CT molecular complexity index is 606. The summed E-state index contributed by atoms with van der Waals surface area (Å²) in [6.45, 7) is 8.71. The molecule has 1 fully saturated rings. The number of nitro groups is 1. The highest BCUT2D eigenvalue weighted by molar-refractivity contribution is 5.98. The maximum atomic E-state index is 12.6. The second-order valence-corrected chi connectivity index (χ2v) is 6.83. The molecule has 6 heteroatoms. The largest absolute Gasteiger partial charge is 0.350 e. The fraction of sp³-hybridized carbons (Fsp3) is 0.632. The van der Waals surface area contributed by atoms with Gasteiger partial charge in [-0.15, -0.1) is 0 Å². The monoisotopic (exact) mass is 347 g/mol. The molecule has 1 saturated heterocycles. The van der Waals surface area contributed by atoms with Crippen molar-refractivity contribution in [3.8, 4) is 0 Å². The van der Waals surface area contributed by atoms with Gasteiger partial charge in [0, 0.05) is 18.2 Å². The molecule has 1 atom stereocenters. The summed E-state index contributed by atoms with van der Waals surface area (Å²) in [7, 11) is 0. The van der Waals surface area contributed by atoms with Gasteiger partial charge in [0.25, 0.3) is 11.6 Å². The van der Waals surface area contributed by atoms with Crippen molar-refractivity contribution in [3.05, 3.63) is 39.4 Å². The van der Waals surface area contributed by atoms with Crippen molar-refractivity contribution < 1.29 is 9.72 Å². The molecule has 1 aliphatic heterocycles. The highest BCUT2D eigenvalue weighted by Crippen LogP contribution is 2.24. The number of para-hydroxylation sites is 1. The summed E-state index contributed by atoms with van der Waals surface area (Å²) in [5.41, 5.74) is 0.559. The lowest BCUT2D eigenvalue weighted by Crippen LogP contribution is -2.47. The van der Waals surface area contributed by atoms with Crippen LogP contribution < -0.4 is 5.32 Å². The Labute approximate surface area is 149 Å². The van der Waals surface area contributed by atoms with E-state index in [4.69, 9.17) is 0 Å². The summed E-state index contributed by atoms with van der Waals surface area (Å²) in [5.74, 6) is 0.163. The van der Waals surface area contributed by atoms with Crippen LogP contribution >= 0.6 is 0 Å². The molecule has 2 rings (SSSR count). The third-order valence-electron chi connectivity index (χ3n) is 5.34. The lowest BCUT2D eigenvalue weighted by atomic mass is 9.92. The molecule has 1 aromatic rings. The summed E-state index contributed by atoms with van der Waals surface area (Å²) >= 11 is 0. The number of hydrogen-bond donors (Lipinski definition) is 1. The molecule has 1 aliphatic rings. The maximum absolute atomic E-state index is 12.6. The fourth-order valence-corrected chi connectivity index (χ4v) is 3.88. The molecule has 0 aromatic heterocycles. The van der Waals surface area contributed by atoms with E-state index in [1.807, 2.05) is 0 Å². The summed E-state index contributed by atoms with van der Waals surface area (Å²) < 4.78 is 0. The van der Waals surface area contributed by atoms with Crippen molar-refractivity contribution >= 4 is 11.6 Å². The zero-order valence-corrected chi connectivity index (χ0v) is 15.5. The number of nitrogens with one attached hydrogen (secondary N) is 1. The predicted octanol–water partition coefficient (Wildman–Crippen LogP) is 3.53. The molecule has 0 radical (unpaired) electrons. The average Bonchev–Trinajstić information content (AvgIpc) is 3.12. The van der Waals surface area contributed by atoms with E-state index in [0.717, 1.165) is 25.9 Å². The first-order chi connectivity index (χ1) is 12.0. The van der Waals surface area contributed by atoms with Crippen LogP contribution in [-0.4, -0.2) is 41.4 Å². The Morgan fingerprint density at radius 2 is 1.92 bits per heavy atom. The molecule has 6 nitrogen and oxygen atoms in total. The molecule has 1 heterocycles. The van der Waals surface area contributed by atoms with Gasteiger partial charge in [-0.05, 0) is 44.8 Å². The SMILES string of the molecule is CCC(CC)[C@@H](CNC(=O)c1cccc(C)c1[N+](=O)[O-])N1CCCC1. The van der Waals surface area contributed by atoms with Gasteiger partial charge in [-0.2, -0.15) is 0 Å². The highest BCUT2D eigenvalue weighted by Gasteiger charge is 2.29. The van der Waals surface area contributed by atoms with Gasteiger partial charge in [-0.25, -0.2) is 0 Å². The smallest absolute Gasteiger partial charge is 0.285 e. The van der Waals surface area contributed by atoms with Gasteiger partial charge in [0.05, 0.1) is 4.92 Å². The molecule has 1 N–H and O–H groups in total. The first-order valence-electron chi connectivity index (χ1n) is 9.25. The minimum atomic E-state index is -0.469. The molecule has 25 heavy (non-hydrogen) atoms. The van der Waals surface area contributed by atoms with Crippen LogP contribution in [0.25, 0.3) is 0 Å². The van der Waals surface area contributed by atoms with E-state index >= 15 is 0 Å². The first kappa shape index (κ1) is 19.4. The number of carbonyl (C=O) groups excluding carboxylic acids is 1. The molecule has 0 unspecified atom stereocenters. The van der Waals surface area contributed by atoms with E-state index in [1.165, 1.54) is 18.9 Å². The molecule has 0 aliphatic carbocycles. The molecule has 0 bridgehead atoms. The zero-order chi connectivity index (χ0) is 18.4. The average molecular weight is 347 g/mol. The van der Waals surface area contributed by atoms with Gasteiger partial charge in [0.2, 0.25) is 0 Å². The van der Waals surface area contributed by atoms with Gasteiger partial charge in [0.15, 0.2) is 0 Å².